The number of amidine groups is 1. The van der Waals surface area contributed by atoms with Crippen LogP contribution in [-0.2, 0) is 9.59 Å². The van der Waals surface area contributed by atoms with Crippen LogP contribution in [0.2, 0.25) is 0 Å². The molecule has 7 heteroatoms. The molecular formula is C11H18N4O3. The molecule has 0 aliphatic carbocycles. The Kier molecular flexibility index (Phi) is 9.06. The molecule has 0 rings (SSSR count). The molecule has 1 atom stereocenters. The molecule has 0 spiro atoms. The number of amides is 1. The first-order valence-electron chi connectivity index (χ1n) is 5.34. The Balaban J connectivity index is 4.31. The molecule has 0 bridgehead atoms. The highest BCUT2D eigenvalue weighted by molar-refractivity contribution is 5.87. The summed E-state index contributed by atoms with van der Waals surface area (Å²) in [6, 6.07) is -0.412. The lowest BCUT2D eigenvalue weighted by molar-refractivity contribution is -0.124. The van der Waals surface area contributed by atoms with E-state index in [-0.39, 0.29) is 0 Å². The van der Waals surface area contributed by atoms with Gasteiger partial charge in [-0.2, -0.15) is 0 Å². The highest BCUT2D eigenvalue weighted by atomic mass is 16.5. The fraction of sp³-hybridized carbons (Fsp3) is 0.364. The van der Waals surface area contributed by atoms with Gasteiger partial charge in [-0.25, -0.2) is 5.48 Å². The highest BCUT2D eigenvalue weighted by Crippen LogP contribution is 1.85. The van der Waals surface area contributed by atoms with E-state index in [2.05, 4.69) is 15.6 Å². The lowest BCUT2D eigenvalue weighted by atomic mass is 10.4. The molecule has 0 aromatic rings. The van der Waals surface area contributed by atoms with Crippen molar-refractivity contribution in [1.82, 2.24) is 16.1 Å². The number of nitrogens with one attached hydrogen (secondary N) is 3. The number of aliphatic imine (C=N–C) groups is 1. The fourth-order valence-electron chi connectivity index (χ4n) is 0.958. The van der Waals surface area contributed by atoms with Gasteiger partial charge in [0.25, 0.3) is 5.91 Å². The number of hydrogen-bond acceptors (Lipinski definition) is 5. The second-order valence-corrected chi connectivity index (χ2v) is 3.32. The van der Waals surface area contributed by atoms with Crippen LogP contribution in [0.15, 0.2) is 29.4 Å². The van der Waals surface area contributed by atoms with Crippen molar-refractivity contribution in [2.24, 2.45) is 4.99 Å². The standard InChI is InChI=1S/C11H18N4O3/c1-9(8-16)14-10(7-12-2)13-6-4-3-5-11(17)15-18/h3-6,8-9,12,18H,7H2,1-2H3,(H,13,14)(H,15,17)/b5-3+,6-4+. The van der Waals surface area contributed by atoms with Crippen LogP contribution in [0.5, 0.6) is 0 Å². The van der Waals surface area contributed by atoms with Crippen molar-refractivity contribution < 1.29 is 14.8 Å². The van der Waals surface area contributed by atoms with Crippen LogP contribution in [0.4, 0.5) is 0 Å². The van der Waals surface area contributed by atoms with Gasteiger partial charge in [-0.05, 0) is 20.0 Å². The Bertz CT molecular complexity index is 350. The number of rotatable bonds is 7. The van der Waals surface area contributed by atoms with Gasteiger partial charge in [-0.15, -0.1) is 0 Å². The minimum Gasteiger partial charge on any atom is -0.349 e. The van der Waals surface area contributed by atoms with Gasteiger partial charge in [0.2, 0.25) is 0 Å². The number of aldehydes is 1. The van der Waals surface area contributed by atoms with Crippen molar-refractivity contribution in [3.8, 4) is 0 Å². The molecule has 0 aliphatic heterocycles. The topological polar surface area (TPSA) is 103 Å². The molecule has 0 aliphatic rings. The summed E-state index contributed by atoms with van der Waals surface area (Å²) in [5.41, 5.74) is 1.47. The molecular weight excluding hydrogens is 236 g/mol. The minimum atomic E-state index is -0.613. The molecule has 7 nitrogen and oxygen atoms in total. The first kappa shape index (κ1) is 16.0. The van der Waals surface area contributed by atoms with E-state index in [9.17, 15) is 9.59 Å². The highest BCUT2D eigenvalue weighted by Gasteiger charge is 1.99. The van der Waals surface area contributed by atoms with Crippen LogP contribution in [0.1, 0.15) is 6.92 Å². The number of hydroxylamine groups is 1. The molecule has 0 saturated heterocycles. The summed E-state index contributed by atoms with van der Waals surface area (Å²) in [6.45, 7) is 2.17. The second-order valence-electron chi connectivity index (χ2n) is 3.32. The van der Waals surface area contributed by atoms with Gasteiger partial charge in [0.1, 0.15) is 18.2 Å². The quantitative estimate of drug-likeness (QED) is 0.0920. The van der Waals surface area contributed by atoms with E-state index in [4.69, 9.17) is 5.21 Å². The maximum Gasteiger partial charge on any atom is 0.267 e. The van der Waals surface area contributed by atoms with E-state index >= 15 is 0 Å². The zero-order valence-electron chi connectivity index (χ0n) is 10.4. The maximum absolute atomic E-state index is 10.6. The molecule has 0 aromatic heterocycles. The molecule has 1 amide bonds. The summed E-state index contributed by atoms with van der Waals surface area (Å²) >= 11 is 0. The third-order valence-electron chi connectivity index (χ3n) is 1.72. The molecule has 0 saturated carbocycles. The molecule has 100 valence electrons. The number of carbonyl (C=O) groups is 2. The Morgan fingerprint density at radius 2 is 2.17 bits per heavy atom. The van der Waals surface area contributed by atoms with Crippen molar-refractivity contribution in [2.45, 2.75) is 13.0 Å². The van der Waals surface area contributed by atoms with Gasteiger partial charge < -0.3 is 15.4 Å². The van der Waals surface area contributed by atoms with Crippen molar-refractivity contribution in [3.63, 3.8) is 0 Å². The monoisotopic (exact) mass is 254 g/mol. The molecule has 4 N–H and O–H groups in total. The molecule has 0 radical (unpaired) electrons. The Morgan fingerprint density at radius 3 is 2.72 bits per heavy atom. The normalized spacial score (nSPS) is 13.8. The predicted molar refractivity (Wildman–Crippen MR) is 68.2 cm³/mol. The average Bonchev–Trinajstić information content (AvgIpc) is 2.37. The van der Waals surface area contributed by atoms with Crippen LogP contribution >= 0.6 is 0 Å². The van der Waals surface area contributed by atoms with Crippen LogP contribution in [-0.4, -0.2) is 42.9 Å². The summed E-state index contributed by atoms with van der Waals surface area (Å²) in [5, 5.41) is 14.0. The van der Waals surface area contributed by atoms with Crippen LogP contribution in [0.25, 0.3) is 0 Å². The number of allylic oxidation sites excluding steroid dienone is 2. The van der Waals surface area contributed by atoms with Crippen LogP contribution in [0.3, 0.4) is 0 Å². The zero-order chi connectivity index (χ0) is 13.8. The van der Waals surface area contributed by atoms with Crippen molar-refractivity contribution in [2.75, 3.05) is 13.6 Å². The second kappa shape index (κ2) is 10.2. The Morgan fingerprint density at radius 1 is 1.44 bits per heavy atom. The fourth-order valence-corrected chi connectivity index (χ4v) is 0.958. The number of likely N-dealkylation sites (N-methyl/N-ethyl adjacent to an activating group) is 1. The lowest BCUT2D eigenvalue weighted by Crippen LogP contribution is -2.30. The van der Waals surface area contributed by atoms with Crippen molar-refractivity contribution in [3.05, 3.63) is 24.4 Å². The SMILES string of the molecule is CNCC(=NC(C)C=O)N/C=C/C=C/C(=O)NO. The van der Waals surface area contributed by atoms with Crippen LogP contribution < -0.4 is 16.1 Å². The third-order valence-corrected chi connectivity index (χ3v) is 1.72. The first-order chi connectivity index (χ1) is 8.63. The van der Waals surface area contributed by atoms with Crippen molar-refractivity contribution in [1.29, 1.82) is 0 Å². The van der Waals surface area contributed by atoms with Gasteiger partial charge in [-0.3, -0.25) is 15.0 Å². The summed E-state index contributed by atoms with van der Waals surface area (Å²) < 4.78 is 0. The lowest BCUT2D eigenvalue weighted by Gasteiger charge is -2.06. The van der Waals surface area contributed by atoms with Gasteiger partial charge in [0.05, 0.1) is 6.54 Å². The van der Waals surface area contributed by atoms with E-state index in [0.29, 0.717) is 12.4 Å². The number of hydrogen-bond donors (Lipinski definition) is 4. The van der Waals surface area contributed by atoms with E-state index in [1.807, 2.05) is 0 Å². The Hall–Kier alpha value is -1.99. The summed E-state index contributed by atoms with van der Waals surface area (Å²) in [6.07, 6.45) is 6.47. The van der Waals surface area contributed by atoms with E-state index in [0.717, 1.165) is 12.4 Å². The largest absolute Gasteiger partial charge is 0.349 e. The van der Waals surface area contributed by atoms with E-state index < -0.39 is 11.9 Å². The average molecular weight is 254 g/mol. The smallest absolute Gasteiger partial charge is 0.267 e. The van der Waals surface area contributed by atoms with E-state index in [1.165, 1.54) is 11.6 Å². The molecule has 0 fully saturated rings. The van der Waals surface area contributed by atoms with Crippen LogP contribution in [0, 0.1) is 0 Å². The van der Waals surface area contributed by atoms with Gasteiger partial charge in [-0.1, -0.05) is 6.08 Å². The third kappa shape index (κ3) is 8.20. The van der Waals surface area contributed by atoms with Gasteiger partial charge in [0.15, 0.2) is 0 Å². The van der Waals surface area contributed by atoms with Gasteiger partial charge >= 0.3 is 0 Å². The Labute approximate surface area is 106 Å². The maximum atomic E-state index is 10.6. The summed E-state index contributed by atoms with van der Waals surface area (Å²) in [5.74, 6) is -0.00768. The zero-order valence-corrected chi connectivity index (χ0v) is 10.4. The number of carbonyl (C=O) groups excluding carboxylic acids is 2. The summed E-state index contributed by atoms with van der Waals surface area (Å²) in [7, 11) is 1.76. The minimum absolute atomic E-state index is 0.412. The van der Waals surface area contributed by atoms with Gasteiger partial charge in [0, 0.05) is 12.3 Å². The predicted octanol–water partition coefficient (Wildman–Crippen LogP) is -0.643. The molecule has 0 heterocycles. The number of nitrogens with zero attached hydrogens (tertiary/aromatic N) is 1. The molecule has 1 unspecified atom stereocenters. The first-order valence-corrected chi connectivity index (χ1v) is 5.34. The van der Waals surface area contributed by atoms with Crippen molar-refractivity contribution >= 4 is 18.0 Å². The molecule has 18 heavy (non-hydrogen) atoms. The summed E-state index contributed by atoms with van der Waals surface area (Å²) in [4.78, 5) is 25.2. The van der Waals surface area contributed by atoms with E-state index in [1.54, 1.807) is 26.2 Å². The molecule has 0 aromatic carbocycles.